The first-order valence-corrected chi connectivity index (χ1v) is 6.33. The minimum Gasteiger partial charge on any atom is -0.352 e. The highest BCUT2D eigenvalue weighted by Crippen LogP contribution is 2.19. The van der Waals surface area contributed by atoms with Gasteiger partial charge >= 0.3 is 0 Å². The van der Waals surface area contributed by atoms with Crippen LogP contribution in [0.15, 0.2) is 24.8 Å². The van der Waals surface area contributed by atoms with Crippen molar-refractivity contribution in [2.75, 3.05) is 13.1 Å². The predicted molar refractivity (Wildman–Crippen MR) is 75.5 cm³/mol. The first-order valence-electron chi connectivity index (χ1n) is 6.33. The Hall–Kier alpha value is -1.68. The molecule has 0 bridgehead atoms. The van der Waals surface area contributed by atoms with E-state index in [0.29, 0.717) is 17.7 Å². The van der Waals surface area contributed by atoms with Crippen LogP contribution in [0.3, 0.4) is 0 Å². The second-order valence-electron chi connectivity index (χ2n) is 4.66. The van der Waals surface area contributed by atoms with Crippen LogP contribution in [-0.4, -0.2) is 19.0 Å². The Morgan fingerprint density at radius 2 is 2.00 bits per heavy atom. The molecule has 0 radical (unpaired) electrons. The molecule has 0 unspecified atom stereocenters. The van der Waals surface area contributed by atoms with Gasteiger partial charge in [-0.2, -0.15) is 0 Å². The number of carbonyl (C=O) groups excluding carboxylic acids is 1. The molecule has 4 heteroatoms. The number of halogens is 1. The molecule has 0 heterocycles. The summed E-state index contributed by atoms with van der Waals surface area (Å²) in [6.07, 6.45) is 1.63. The summed E-state index contributed by atoms with van der Waals surface area (Å²) < 4.78 is 13.5. The summed E-state index contributed by atoms with van der Waals surface area (Å²) in [6.45, 7) is 9.66. The van der Waals surface area contributed by atoms with E-state index in [1.165, 1.54) is 0 Å². The third-order valence-electron chi connectivity index (χ3n) is 2.97. The Bertz CT molecular complexity index is 448. The van der Waals surface area contributed by atoms with Gasteiger partial charge in [-0.05, 0) is 37.5 Å². The van der Waals surface area contributed by atoms with Crippen LogP contribution in [0, 0.1) is 19.7 Å². The van der Waals surface area contributed by atoms with Gasteiger partial charge in [0.2, 0.25) is 5.91 Å². The zero-order valence-corrected chi connectivity index (χ0v) is 11.7. The number of rotatable bonds is 6. The summed E-state index contributed by atoms with van der Waals surface area (Å²) >= 11 is 0. The van der Waals surface area contributed by atoms with E-state index in [4.69, 9.17) is 0 Å². The fraction of sp³-hybridized carbons (Fsp3) is 0.400. The molecule has 0 saturated carbocycles. The van der Waals surface area contributed by atoms with Crippen molar-refractivity contribution >= 4 is 5.91 Å². The topological polar surface area (TPSA) is 41.1 Å². The predicted octanol–water partition coefficient (Wildman–Crippen LogP) is 2.40. The number of carbonyl (C=O) groups is 1. The van der Waals surface area contributed by atoms with Gasteiger partial charge in [0.05, 0.1) is 6.54 Å². The molecule has 1 aromatic rings. The maximum Gasteiger partial charge on any atom is 0.234 e. The van der Waals surface area contributed by atoms with Gasteiger partial charge in [0, 0.05) is 12.6 Å². The largest absolute Gasteiger partial charge is 0.352 e. The normalized spacial score (nSPS) is 12.0. The molecule has 0 aliphatic heterocycles. The van der Waals surface area contributed by atoms with E-state index >= 15 is 0 Å². The van der Waals surface area contributed by atoms with Crippen molar-refractivity contribution in [1.29, 1.82) is 0 Å². The number of aryl methyl sites for hydroxylation is 2. The molecular weight excluding hydrogens is 243 g/mol. The number of amides is 1. The summed E-state index contributed by atoms with van der Waals surface area (Å²) in [5.74, 6) is -0.248. The van der Waals surface area contributed by atoms with Crippen molar-refractivity contribution in [3.05, 3.63) is 47.3 Å². The van der Waals surface area contributed by atoms with Gasteiger partial charge in [0.15, 0.2) is 0 Å². The third-order valence-corrected chi connectivity index (χ3v) is 2.97. The van der Waals surface area contributed by atoms with E-state index < -0.39 is 0 Å². The molecule has 1 amide bonds. The Kier molecular flexibility index (Phi) is 5.70. The van der Waals surface area contributed by atoms with Crippen molar-refractivity contribution in [1.82, 2.24) is 10.6 Å². The summed E-state index contributed by atoms with van der Waals surface area (Å²) in [5.41, 5.74) is 2.23. The van der Waals surface area contributed by atoms with Crippen LogP contribution in [0.4, 0.5) is 4.39 Å². The molecule has 0 aromatic heterocycles. The maximum absolute atomic E-state index is 13.5. The van der Waals surface area contributed by atoms with Crippen LogP contribution in [0.2, 0.25) is 0 Å². The van der Waals surface area contributed by atoms with Crippen LogP contribution < -0.4 is 10.6 Å². The minimum absolute atomic E-state index is 0.00696. The summed E-state index contributed by atoms with van der Waals surface area (Å²) in [5, 5.41) is 5.80. The van der Waals surface area contributed by atoms with Crippen LogP contribution in [0.1, 0.15) is 29.7 Å². The highest BCUT2D eigenvalue weighted by molar-refractivity contribution is 5.78. The van der Waals surface area contributed by atoms with Crippen molar-refractivity contribution in [2.45, 2.75) is 26.8 Å². The number of hydrogen-bond donors (Lipinski definition) is 2. The second kappa shape index (κ2) is 7.04. The Morgan fingerprint density at radius 3 is 2.53 bits per heavy atom. The van der Waals surface area contributed by atoms with Gasteiger partial charge in [0.1, 0.15) is 5.82 Å². The zero-order chi connectivity index (χ0) is 14.4. The molecule has 104 valence electrons. The lowest BCUT2D eigenvalue weighted by atomic mass is 10.0. The number of benzene rings is 1. The molecule has 0 aliphatic rings. The molecular formula is C15H21FN2O. The lowest BCUT2D eigenvalue weighted by molar-refractivity contribution is -0.120. The van der Waals surface area contributed by atoms with Crippen molar-refractivity contribution in [3.63, 3.8) is 0 Å². The van der Waals surface area contributed by atoms with E-state index in [1.807, 2.05) is 19.1 Å². The van der Waals surface area contributed by atoms with Crippen LogP contribution in [-0.2, 0) is 4.79 Å². The molecule has 0 spiro atoms. The average molecular weight is 264 g/mol. The van der Waals surface area contributed by atoms with Gasteiger partial charge in [-0.1, -0.05) is 18.2 Å². The van der Waals surface area contributed by atoms with Crippen LogP contribution in [0.5, 0.6) is 0 Å². The van der Waals surface area contributed by atoms with Gasteiger partial charge in [-0.15, -0.1) is 6.58 Å². The minimum atomic E-state index is -0.167. The van der Waals surface area contributed by atoms with Crippen molar-refractivity contribution in [2.24, 2.45) is 0 Å². The fourth-order valence-electron chi connectivity index (χ4n) is 1.84. The first kappa shape index (κ1) is 15.4. The SMILES string of the molecule is C=CCNC(=O)CN[C@@H](C)c1cc(C)c(F)c(C)c1. The van der Waals surface area contributed by atoms with E-state index in [9.17, 15) is 9.18 Å². The Balaban J connectivity index is 2.61. The standard InChI is InChI=1S/C15H21FN2O/c1-5-6-17-14(19)9-18-12(4)13-7-10(2)15(16)11(3)8-13/h5,7-8,12,18H,1,6,9H2,2-4H3,(H,17,19)/t12-/m0/s1. The van der Waals surface area contributed by atoms with E-state index in [1.54, 1.807) is 19.9 Å². The van der Waals surface area contributed by atoms with Gasteiger partial charge < -0.3 is 10.6 Å². The number of nitrogens with one attached hydrogen (secondary N) is 2. The summed E-state index contributed by atoms with van der Waals surface area (Å²) in [7, 11) is 0. The van der Waals surface area contributed by atoms with E-state index in [-0.39, 0.29) is 24.3 Å². The van der Waals surface area contributed by atoms with Crippen molar-refractivity contribution < 1.29 is 9.18 Å². The first-order chi connectivity index (χ1) is 8.95. The molecule has 19 heavy (non-hydrogen) atoms. The smallest absolute Gasteiger partial charge is 0.234 e. The molecule has 3 nitrogen and oxygen atoms in total. The fourth-order valence-corrected chi connectivity index (χ4v) is 1.84. The third kappa shape index (κ3) is 4.48. The van der Waals surface area contributed by atoms with Gasteiger partial charge in [-0.25, -0.2) is 4.39 Å². The monoisotopic (exact) mass is 264 g/mol. The van der Waals surface area contributed by atoms with E-state index in [0.717, 1.165) is 5.56 Å². The molecule has 1 atom stereocenters. The Morgan fingerprint density at radius 1 is 1.42 bits per heavy atom. The second-order valence-corrected chi connectivity index (χ2v) is 4.66. The van der Waals surface area contributed by atoms with Crippen LogP contribution in [0.25, 0.3) is 0 Å². The molecule has 0 saturated heterocycles. The van der Waals surface area contributed by atoms with E-state index in [2.05, 4.69) is 17.2 Å². The quantitative estimate of drug-likeness (QED) is 0.775. The molecule has 0 aliphatic carbocycles. The lowest BCUT2D eigenvalue weighted by Crippen LogP contribution is -2.35. The molecule has 1 rings (SSSR count). The highest BCUT2D eigenvalue weighted by Gasteiger charge is 2.11. The maximum atomic E-state index is 13.5. The van der Waals surface area contributed by atoms with Crippen molar-refractivity contribution in [3.8, 4) is 0 Å². The zero-order valence-electron chi connectivity index (χ0n) is 11.7. The van der Waals surface area contributed by atoms with Gasteiger partial charge in [-0.3, -0.25) is 4.79 Å². The molecule has 1 aromatic carbocycles. The van der Waals surface area contributed by atoms with Gasteiger partial charge in [0.25, 0.3) is 0 Å². The van der Waals surface area contributed by atoms with Crippen LogP contribution >= 0.6 is 0 Å². The number of hydrogen-bond acceptors (Lipinski definition) is 2. The average Bonchev–Trinajstić information content (AvgIpc) is 2.39. The summed E-state index contributed by atoms with van der Waals surface area (Å²) in [6, 6.07) is 3.61. The lowest BCUT2D eigenvalue weighted by Gasteiger charge is -2.16. The molecule has 0 fully saturated rings. The summed E-state index contributed by atoms with van der Waals surface area (Å²) in [4.78, 5) is 11.4. The Labute approximate surface area is 113 Å². The highest BCUT2D eigenvalue weighted by atomic mass is 19.1. The molecule has 2 N–H and O–H groups in total.